The van der Waals surface area contributed by atoms with Crippen molar-refractivity contribution in [2.24, 2.45) is 0 Å². The van der Waals surface area contributed by atoms with E-state index in [2.05, 4.69) is 4.57 Å². The van der Waals surface area contributed by atoms with Crippen LogP contribution in [0.2, 0.25) is 0 Å². The van der Waals surface area contributed by atoms with E-state index in [1.54, 1.807) is 28.9 Å². The Bertz CT molecular complexity index is 943. The normalized spacial score (nSPS) is 16.1. The minimum atomic E-state index is -0.471. The number of carbonyl (C=O) groups excluding carboxylic acids is 2. The van der Waals surface area contributed by atoms with E-state index in [0.29, 0.717) is 19.5 Å². The first kappa shape index (κ1) is 21.5. The largest absolute Gasteiger partial charge is 0.348 e. The number of nitro benzene ring substituents is 1. The Morgan fingerprint density at radius 2 is 1.83 bits per heavy atom. The van der Waals surface area contributed by atoms with E-state index in [9.17, 15) is 19.7 Å². The molecule has 30 heavy (non-hydrogen) atoms. The topological polar surface area (TPSA) is 88.7 Å². The van der Waals surface area contributed by atoms with Crippen molar-refractivity contribution in [1.29, 1.82) is 0 Å². The molecule has 1 aromatic heterocycles. The van der Waals surface area contributed by atoms with E-state index in [4.69, 9.17) is 0 Å². The van der Waals surface area contributed by atoms with Gasteiger partial charge in [0, 0.05) is 49.1 Å². The van der Waals surface area contributed by atoms with Crippen LogP contribution in [-0.4, -0.2) is 49.7 Å². The number of aromatic nitrogens is 1. The Labute approximate surface area is 176 Å². The van der Waals surface area contributed by atoms with E-state index in [-0.39, 0.29) is 30.1 Å². The number of amides is 2. The van der Waals surface area contributed by atoms with Crippen molar-refractivity contribution < 1.29 is 14.5 Å². The standard InChI is InChI=1S/C22H28N4O4/c1-5-19(27)25(22(2,3)4)15-20(28)24-14-13-23-12-6-7-18(23)21(24)16-8-10-17(11-9-16)26(29)30/h6-12,21H,5,13-15H2,1-4H3/t21-/m1/s1. The first-order chi connectivity index (χ1) is 14.1. The molecule has 0 unspecified atom stereocenters. The monoisotopic (exact) mass is 412 g/mol. The second-order valence-electron chi connectivity index (χ2n) is 8.47. The number of fused-ring (bicyclic) bond motifs is 1. The van der Waals surface area contributed by atoms with Crippen molar-refractivity contribution in [3.63, 3.8) is 0 Å². The van der Waals surface area contributed by atoms with E-state index in [0.717, 1.165) is 11.3 Å². The lowest BCUT2D eigenvalue weighted by Gasteiger charge is -2.41. The van der Waals surface area contributed by atoms with Gasteiger partial charge < -0.3 is 14.4 Å². The van der Waals surface area contributed by atoms with Crippen molar-refractivity contribution in [3.05, 3.63) is 64.0 Å². The summed E-state index contributed by atoms with van der Waals surface area (Å²) < 4.78 is 2.09. The van der Waals surface area contributed by atoms with E-state index in [1.807, 2.05) is 39.1 Å². The Kier molecular flexibility index (Phi) is 5.96. The van der Waals surface area contributed by atoms with Gasteiger partial charge in [-0.05, 0) is 50.6 Å². The molecule has 1 aliphatic heterocycles. The molecule has 0 saturated carbocycles. The maximum Gasteiger partial charge on any atom is 0.269 e. The van der Waals surface area contributed by atoms with Crippen LogP contribution in [0, 0.1) is 10.1 Å². The number of nitro groups is 1. The van der Waals surface area contributed by atoms with Gasteiger partial charge in [0.25, 0.3) is 5.69 Å². The van der Waals surface area contributed by atoms with Gasteiger partial charge in [-0.15, -0.1) is 0 Å². The fourth-order valence-corrected chi connectivity index (χ4v) is 3.90. The van der Waals surface area contributed by atoms with Crippen molar-refractivity contribution in [1.82, 2.24) is 14.4 Å². The second kappa shape index (κ2) is 8.30. The van der Waals surface area contributed by atoms with Gasteiger partial charge in [0.1, 0.15) is 6.54 Å². The van der Waals surface area contributed by atoms with Crippen LogP contribution in [0.3, 0.4) is 0 Å². The molecular weight excluding hydrogens is 384 g/mol. The summed E-state index contributed by atoms with van der Waals surface area (Å²) in [4.78, 5) is 39.8. The molecule has 0 aliphatic carbocycles. The molecule has 0 spiro atoms. The van der Waals surface area contributed by atoms with E-state index < -0.39 is 10.5 Å². The molecule has 160 valence electrons. The number of nitrogens with zero attached hydrogens (tertiary/aromatic N) is 4. The van der Waals surface area contributed by atoms with Crippen LogP contribution in [0.15, 0.2) is 42.6 Å². The lowest BCUT2D eigenvalue weighted by atomic mass is 9.99. The Balaban J connectivity index is 1.95. The molecule has 1 aromatic carbocycles. The predicted octanol–water partition coefficient (Wildman–Crippen LogP) is 3.37. The van der Waals surface area contributed by atoms with Gasteiger partial charge in [-0.3, -0.25) is 19.7 Å². The molecule has 8 nitrogen and oxygen atoms in total. The molecule has 2 amide bonds. The molecule has 0 saturated heterocycles. The average molecular weight is 412 g/mol. The lowest BCUT2D eigenvalue weighted by molar-refractivity contribution is -0.384. The summed E-state index contributed by atoms with van der Waals surface area (Å²) in [5, 5.41) is 11.0. The van der Waals surface area contributed by atoms with Crippen LogP contribution in [0.4, 0.5) is 5.69 Å². The second-order valence-corrected chi connectivity index (χ2v) is 8.47. The van der Waals surface area contributed by atoms with Gasteiger partial charge in [-0.2, -0.15) is 0 Å². The summed E-state index contributed by atoms with van der Waals surface area (Å²) in [5.41, 5.74) is 1.29. The minimum absolute atomic E-state index is 0.000360. The van der Waals surface area contributed by atoms with Crippen molar-refractivity contribution in [2.45, 2.75) is 52.2 Å². The zero-order chi connectivity index (χ0) is 22.1. The summed E-state index contributed by atoms with van der Waals surface area (Å²) in [5.74, 6) is -0.203. The molecule has 8 heteroatoms. The molecule has 1 atom stereocenters. The SMILES string of the molecule is CCC(=O)N(CC(=O)N1CCn2cccc2[C@H]1c1ccc([N+](=O)[O-])cc1)C(C)(C)C. The first-order valence-corrected chi connectivity index (χ1v) is 10.1. The summed E-state index contributed by atoms with van der Waals surface area (Å²) >= 11 is 0. The van der Waals surface area contributed by atoms with Gasteiger partial charge in [-0.25, -0.2) is 0 Å². The summed E-state index contributed by atoms with van der Waals surface area (Å²) in [6.07, 6.45) is 2.30. The number of carbonyl (C=O) groups is 2. The Morgan fingerprint density at radius 1 is 1.17 bits per heavy atom. The number of non-ortho nitro benzene ring substituents is 1. The first-order valence-electron chi connectivity index (χ1n) is 10.1. The molecule has 2 heterocycles. The third-order valence-corrected chi connectivity index (χ3v) is 5.48. The lowest BCUT2D eigenvalue weighted by Crippen LogP contribution is -2.53. The number of hydrogen-bond donors (Lipinski definition) is 0. The fraction of sp³-hybridized carbons (Fsp3) is 0.455. The number of benzene rings is 1. The van der Waals surface area contributed by atoms with Crippen LogP contribution in [0.25, 0.3) is 0 Å². The predicted molar refractivity (Wildman–Crippen MR) is 113 cm³/mol. The molecule has 1 aliphatic rings. The van der Waals surface area contributed by atoms with Gasteiger partial charge in [0.2, 0.25) is 11.8 Å². The molecular formula is C22H28N4O4. The van der Waals surface area contributed by atoms with Crippen LogP contribution >= 0.6 is 0 Å². The third-order valence-electron chi connectivity index (χ3n) is 5.48. The zero-order valence-electron chi connectivity index (χ0n) is 17.9. The highest BCUT2D eigenvalue weighted by Crippen LogP contribution is 2.33. The highest BCUT2D eigenvalue weighted by atomic mass is 16.6. The van der Waals surface area contributed by atoms with Gasteiger partial charge in [0.15, 0.2) is 0 Å². The summed E-state index contributed by atoms with van der Waals surface area (Å²) in [6.45, 7) is 8.71. The molecule has 0 bridgehead atoms. The highest BCUT2D eigenvalue weighted by Gasteiger charge is 2.35. The minimum Gasteiger partial charge on any atom is -0.348 e. The fourth-order valence-electron chi connectivity index (χ4n) is 3.90. The molecule has 0 radical (unpaired) electrons. The van der Waals surface area contributed by atoms with E-state index >= 15 is 0 Å². The highest BCUT2D eigenvalue weighted by molar-refractivity contribution is 5.85. The molecule has 3 rings (SSSR count). The quantitative estimate of drug-likeness (QED) is 0.556. The van der Waals surface area contributed by atoms with Gasteiger partial charge in [-0.1, -0.05) is 6.92 Å². The third kappa shape index (κ3) is 4.22. The van der Waals surface area contributed by atoms with Crippen LogP contribution in [0.5, 0.6) is 0 Å². The summed E-state index contributed by atoms with van der Waals surface area (Å²) in [7, 11) is 0. The summed E-state index contributed by atoms with van der Waals surface area (Å²) in [6, 6.07) is 9.85. The van der Waals surface area contributed by atoms with Crippen LogP contribution in [0.1, 0.15) is 51.4 Å². The molecule has 0 N–H and O–H groups in total. The van der Waals surface area contributed by atoms with Crippen molar-refractivity contribution >= 4 is 17.5 Å². The van der Waals surface area contributed by atoms with Crippen LogP contribution in [-0.2, 0) is 16.1 Å². The van der Waals surface area contributed by atoms with Crippen LogP contribution < -0.4 is 0 Å². The zero-order valence-corrected chi connectivity index (χ0v) is 17.9. The van der Waals surface area contributed by atoms with Gasteiger partial charge in [0.05, 0.1) is 11.0 Å². The maximum absolute atomic E-state index is 13.4. The Morgan fingerprint density at radius 3 is 2.40 bits per heavy atom. The number of hydrogen-bond acceptors (Lipinski definition) is 4. The Hall–Kier alpha value is -3.16. The average Bonchev–Trinajstić information content (AvgIpc) is 3.18. The smallest absolute Gasteiger partial charge is 0.269 e. The van der Waals surface area contributed by atoms with E-state index in [1.165, 1.54) is 12.1 Å². The molecule has 0 fully saturated rings. The molecule has 2 aromatic rings. The van der Waals surface area contributed by atoms with Crippen molar-refractivity contribution in [2.75, 3.05) is 13.1 Å². The number of rotatable bonds is 5. The van der Waals surface area contributed by atoms with Gasteiger partial charge >= 0.3 is 0 Å². The maximum atomic E-state index is 13.4. The van der Waals surface area contributed by atoms with Crippen molar-refractivity contribution in [3.8, 4) is 0 Å².